The Balaban J connectivity index is 1.42. The molecule has 1 aromatic carbocycles. The number of carbonyl (C=O) groups is 3. The van der Waals surface area contributed by atoms with Crippen molar-refractivity contribution in [1.82, 2.24) is 10.2 Å². The quantitative estimate of drug-likeness (QED) is 0.479. The van der Waals surface area contributed by atoms with Crippen LogP contribution in [-0.2, 0) is 19.1 Å². The molecule has 1 aliphatic carbocycles. The van der Waals surface area contributed by atoms with Crippen LogP contribution < -0.4 is 10.6 Å². The second kappa shape index (κ2) is 9.04. The van der Waals surface area contributed by atoms with Crippen LogP contribution in [-0.4, -0.2) is 58.7 Å². The van der Waals surface area contributed by atoms with E-state index in [-0.39, 0.29) is 29.8 Å². The number of carbonyl (C=O) groups excluding carboxylic acids is 3. The van der Waals surface area contributed by atoms with Gasteiger partial charge in [-0.25, -0.2) is 0 Å². The summed E-state index contributed by atoms with van der Waals surface area (Å²) >= 11 is 1.60. The first-order chi connectivity index (χ1) is 16.4. The molecular weight excluding hydrogens is 450 g/mol. The maximum Gasteiger partial charge on any atom is 0.246 e. The maximum absolute atomic E-state index is 13.7. The van der Waals surface area contributed by atoms with E-state index in [0.717, 1.165) is 30.6 Å². The number of fused-ring (bicyclic) bond motifs is 1. The summed E-state index contributed by atoms with van der Waals surface area (Å²) in [6, 6.07) is 6.81. The number of hydrogen-bond donors (Lipinski definition) is 2. The minimum absolute atomic E-state index is 0.131. The van der Waals surface area contributed by atoms with Crippen LogP contribution in [0.5, 0.6) is 0 Å². The van der Waals surface area contributed by atoms with Gasteiger partial charge in [0.2, 0.25) is 17.7 Å². The Kier molecular flexibility index (Phi) is 6.23. The number of rotatable bonds is 6. The number of likely N-dealkylation sites (tertiary alicyclic amines) is 1. The van der Waals surface area contributed by atoms with Gasteiger partial charge in [-0.1, -0.05) is 37.5 Å². The van der Waals surface area contributed by atoms with E-state index >= 15 is 0 Å². The average molecular weight is 484 g/mol. The van der Waals surface area contributed by atoms with E-state index in [9.17, 15) is 14.4 Å². The molecule has 3 heterocycles. The van der Waals surface area contributed by atoms with E-state index in [1.807, 2.05) is 56.5 Å². The van der Waals surface area contributed by atoms with E-state index in [4.69, 9.17) is 4.74 Å². The fraction of sp³-hybridized carbons (Fsp3) is 0.577. The molecule has 8 heteroatoms. The minimum atomic E-state index is -1.10. The SMILES string of the molecule is CSc1cccc(NC(=O)[C@H]2[C@@H]3C=C[C@]4(O3)[C@@H]2C(=O)N(C(C)C)[C@H]4C(=O)NC2CCCCC2)c1. The Morgan fingerprint density at radius 2 is 1.94 bits per heavy atom. The highest BCUT2D eigenvalue weighted by Gasteiger charge is 2.73. The highest BCUT2D eigenvalue weighted by molar-refractivity contribution is 7.98. The molecule has 34 heavy (non-hydrogen) atoms. The van der Waals surface area contributed by atoms with Crippen molar-refractivity contribution in [3.05, 3.63) is 36.4 Å². The Labute approximate surface area is 205 Å². The lowest BCUT2D eigenvalue weighted by Gasteiger charge is -2.35. The second-order valence-corrected chi connectivity index (χ2v) is 11.0. The monoisotopic (exact) mass is 483 g/mol. The molecule has 3 aliphatic heterocycles. The van der Waals surface area contributed by atoms with Gasteiger partial charge in [-0.15, -0.1) is 11.8 Å². The van der Waals surface area contributed by atoms with E-state index in [1.54, 1.807) is 16.7 Å². The van der Waals surface area contributed by atoms with Crippen LogP contribution in [0.15, 0.2) is 41.3 Å². The van der Waals surface area contributed by atoms with Gasteiger partial charge >= 0.3 is 0 Å². The third-order valence-electron chi connectivity index (χ3n) is 7.71. The molecule has 0 aromatic heterocycles. The highest BCUT2D eigenvalue weighted by atomic mass is 32.2. The average Bonchev–Trinajstić information content (AvgIpc) is 3.47. The van der Waals surface area contributed by atoms with Crippen LogP contribution in [0.25, 0.3) is 0 Å². The summed E-state index contributed by atoms with van der Waals surface area (Å²) in [5, 5.41) is 6.19. The second-order valence-electron chi connectivity index (χ2n) is 10.1. The number of nitrogens with zero attached hydrogens (tertiary/aromatic N) is 1. The number of amides is 3. The lowest BCUT2D eigenvalue weighted by Crippen LogP contribution is -2.57. The van der Waals surface area contributed by atoms with Crippen molar-refractivity contribution < 1.29 is 19.1 Å². The van der Waals surface area contributed by atoms with Crippen molar-refractivity contribution in [1.29, 1.82) is 0 Å². The Morgan fingerprint density at radius 1 is 1.18 bits per heavy atom. The van der Waals surface area contributed by atoms with Gasteiger partial charge in [-0.2, -0.15) is 0 Å². The third-order valence-corrected chi connectivity index (χ3v) is 8.43. The summed E-state index contributed by atoms with van der Waals surface area (Å²) in [6.07, 6.45) is 10.5. The molecule has 1 aromatic rings. The van der Waals surface area contributed by atoms with Gasteiger partial charge in [0.1, 0.15) is 11.6 Å². The standard InChI is InChI=1S/C26H33N3O4S/c1-15(2)29-22(24(31)27-16-8-5-4-6-9-16)26-13-12-19(33-26)20(21(26)25(29)32)23(30)28-17-10-7-11-18(14-17)34-3/h7,10-16,19-22H,4-6,8-9H2,1-3H3,(H,27,31)(H,28,30)/t19-,20-,21-,22-,26-/m0/s1. The van der Waals surface area contributed by atoms with E-state index in [1.165, 1.54) is 6.42 Å². The normalized spacial score (nSPS) is 32.4. The van der Waals surface area contributed by atoms with Gasteiger partial charge in [0.25, 0.3) is 0 Å². The molecule has 3 fully saturated rings. The van der Waals surface area contributed by atoms with Gasteiger partial charge in [0.05, 0.1) is 17.9 Å². The van der Waals surface area contributed by atoms with E-state index in [2.05, 4.69) is 10.6 Å². The van der Waals surface area contributed by atoms with Gasteiger partial charge in [0.15, 0.2) is 0 Å². The molecule has 2 N–H and O–H groups in total. The summed E-state index contributed by atoms with van der Waals surface area (Å²) in [6.45, 7) is 3.82. The molecule has 1 saturated carbocycles. The molecule has 5 atom stereocenters. The molecule has 0 unspecified atom stereocenters. The molecule has 182 valence electrons. The number of nitrogens with one attached hydrogen (secondary N) is 2. The van der Waals surface area contributed by atoms with Crippen LogP contribution in [0.2, 0.25) is 0 Å². The lowest BCUT2D eigenvalue weighted by atomic mass is 9.74. The summed E-state index contributed by atoms with van der Waals surface area (Å²) < 4.78 is 6.37. The molecule has 3 amide bonds. The van der Waals surface area contributed by atoms with Crippen molar-refractivity contribution in [2.24, 2.45) is 11.8 Å². The fourth-order valence-electron chi connectivity index (χ4n) is 6.22. The molecule has 2 saturated heterocycles. The summed E-state index contributed by atoms with van der Waals surface area (Å²) in [4.78, 5) is 43.5. The predicted octanol–water partition coefficient (Wildman–Crippen LogP) is 3.35. The highest BCUT2D eigenvalue weighted by Crippen LogP contribution is 2.55. The summed E-state index contributed by atoms with van der Waals surface area (Å²) in [5.41, 5.74) is -0.413. The van der Waals surface area contributed by atoms with E-state index in [0.29, 0.717) is 5.69 Å². The fourth-order valence-corrected chi connectivity index (χ4v) is 6.67. The third kappa shape index (κ3) is 3.75. The molecule has 0 radical (unpaired) electrons. The topological polar surface area (TPSA) is 87.7 Å². The van der Waals surface area contributed by atoms with Gasteiger partial charge < -0.3 is 20.3 Å². The number of benzene rings is 1. The first-order valence-electron chi connectivity index (χ1n) is 12.3. The maximum atomic E-state index is 13.7. The molecule has 4 aliphatic rings. The largest absolute Gasteiger partial charge is 0.359 e. The van der Waals surface area contributed by atoms with E-state index < -0.39 is 29.6 Å². The minimum Gasteiger partial charge on any atom is -0.359 e. The first kappa shape index (κ1) is 23.4. The van der Waals surface area contributed by atoms with Crippen molar-refractivity contribution in [2.75, 3.05) is 11.6 Å². The zero-order valence-electron chi connectivity index (χ0n) is 20.0. The number of anilines is 1. The first-order valence-corrected chi connectivity index (χ1v) is 13.5. The number of thioether (sulfide) groups is 1. The smallest absolute Gasteiger partial charge is 0.246 e. The Bertz CT molecular complexity index is 1020. The molecule has 1 spiro atoms. The van der Waals surface area contributed by atoms with Crippen LogP contribution in [0.3, 0.4) is 0 Å². The van der Waals surface area contributed by atoms with Gasteiger partial charge in [-0.05, 0) is 51.1 Å². The number of ether oxygens (including phenoxy) is 1. The van der Waals surface area contributed by atoms with Crippen molar-refractivity contribution in [3.63, 3.8) is 0 Å². The van der Waals surface area contributed by atoms with Crippen molar-refractivity contribution >= 4 is 35.2 Å². The Morgan fingerprint density at radius 3 is 2.65 bits per heavy atom. The van der Waals surface area contributed by atoms with Gasteiger partial charge in [-0.3, -0.25) is 14.4 Å². The zero-order valence-corrected chi connectivity index (χ0v) is 20.8. The van der Waals surface area contributed by atoms with Crippen molar-refractivity contribution in [3.8, 4) is 0 Å². The zero-order chi connectivity index (χ0) is 24.0. The van der Waals surface area contributed by atoms with Crippen LogP contribution in [0, 0.1) is 11.8 Å². The molecular formula is C26H33N3O4S. The van der Waals surface area contributed by atoms with Crippen LogP contribution in [0.1, 0.15) is 46.0 Å². The van der Waals surface area contributed by atoms with Crippen molar-refractivity contribution in [2.45, 2.75) is 80.7 Å². The lowest BCUT2D eigenvalue weighted by molar-refractivity contribution is -0.143. The predicted molar refractivity (Wildman–Crippen MR) is 131 cm³/mol. The number of hydrogen-bond acceptors (Lipinski definition) is 5. The van der Waals surface area contributed by atoms with Crippen LogP contribution >= 0.6 is 11.8 Å². The molecule has 7 nitrogen and oxygen atoms in total. The van der Waals surface area contributed by atoms with Crippen LogP contribution in [0.4, 0.5) is 5.69 Å². The summed E-state index contributed by atoms with van der Waals surface area (Å²) in [7, 11) is 0. The molecule has 2 bridgehead atoms. The Hall–Kier alpha value is -2.32. The molecule has 5 rings (SSSR count). The van der Waals surface area contributed by atoms with Gasteiger partial charge in [0, 0.05) is 22.7 Å². The summed E-state index contributed by atoms with van der Waals surface area (Å²) in [5.74, 6) is -1.98.